The number of sulfone groups is 2. The first-order chi connectivity index (χ1) is 18.3. The highest BCUT2D eigenvalue weighted by Gasteiger charge is 2.34. The van der Waals surface area contributed by atoms with Gasteiger partial charge in [0.2, 0.25) is 31.2 Å². The zero-order chi connectivity index (χ0) is 28.5. The Morgan fingerprint density at radius 2 is 0.949 bits per heavy atom. The minimum atomic E-state index is -4.48. The summed E-state index contributed by atoms with van der Waals surface area (Å²) in [7, 11) is -8.95. The normalized spacial score (nSPS) is 11.6. The number of hydrogen-bond acceptors (Lipinski definition) is 13. The molecule has 2 heterocycles. The van der Waals surface area contributed by atoms with E-state index < -0.39 is 72.6 Å². The Morgan fingerprint density at radius 1 is 0.615 bits per heavy atom. The van der Waals surface area contributed by atoms with Crippen molar-refractivity contribution in [2.24, 2.45) is 0 Å². The second kappa shape index (κ2) is 9.95. The summed E-state index contributed by atoms with van der Waals surface area (Å²) >= 11 is 0. The summed E-state index contributed by atoms with van der Waals surface area (Å²) in [5, 5.41) is 21.6. The number of carbonyl (C=O) groups is 2. The minimum absolute atomic E-state index is 0.385. The van der Waals surface area contributed by atoms with Crippen molar-refractivity contribution in [3.05, 3.63) is 105 Å². The van der Waals surface area contributed by atoms with Gasteiger partial charge in [-0.1, -0.05) is 0 Å². The van der Waals surface area contributed by atoms with E-state index in [9.17, 15) is 46.7 Å². The molecule has 39 heavy (non-hydrogen) atoms. The smallest absolute Gasteiger partial charge is 0.383 e. The maximum absolute atomic E-state index is 13.0. The summed E-state index contributed by atoms with van der Waals surface area (Å²) in [5.41, 5.74) is -0.770. The molecule has 4 aromatic rings. The van der Waals surface area contributed by atoms with E-state index in [0.29, 0.717) is 0 Å². The Labute approximate surface area is 217 Å². The number of ether oxygens (including phenoxy) is 1. The number of furan rings is 2. The molecule has 2 aromatic carbocycles. The molecule has 2 aromatic heterocycles. The van der Waals surface area contributed by atoms with Gasteiger partial charge < -0.3 is 13.6 Å². The van der Waals surface area contributed by atoms with Gasteiger partial charge in [-0.3, -0.25) is 20.2 Å². The van der Waals surface area contributed by atoms with Crippen molar-refractivity contribution >= 4 is 43.0 Å². The van der Waals surface area contributed by atoms with Crippen LogP contribution in [0.3, 0.4) is 0 Å². The van der Waals surface area contributed by atoms with Crippen LogP contribution in [-0.2, 0) is 24.4 Å². The van der Waals surface area contributed by atoms with E-state index in [4.69, 9.17) is 8.83 Å². The third-order valence-electron chi connectivity index (χ3n) is 5.11. The van der Waals surface area contributed by atoms with E-state index in [2.05, 4.69) is 4.74 Å². The van der Waals surface area contributed by atoms with E-state index in [-0.39, 0.29) is 11.4 Å². The Bertz CT molecular complexity index is 1700. The van der Waals surface area contributed by atoms with E-state index >= 15 is 0 Å². The highest BCUT2D eigenvalue weighted by atomic mass is 32.2. The van der Waals surface area contributed by atoms with Crippen LogP contribution in [-0.4, -0.2) is 38.6 Å². The van der Waals surface area contributed by atoms with E-state index in [1.807, 2.05) is 0 Å². The maximum atomic E-state index is 13.0. The van der Waals surface area contributed by atoms with Crippen LogP contribution in [0.15, 0.2) is 102 Å². The van der Waals surface area contributed by atoms with E-state index in [1.165, 1.54) is 0 Å². The van der Waals surface area contributed by atoms with Crippen molar-refractivity contribution in [2.45, 2.75) is 19.6 Å². The van der Waals surface area contributed by atoms with Crippen LogP contribution >= 0.6 is 0 Å². The summed E-state index contributed by atoms with van der Waals surface area (Å²) < 4.78 is 66.2. The molecule has 0 aliphatic carbocycles. The van der Waals surface area contributed by atoms with Gasteiger partial charge in [0.25, 0.3) is 11.4 Å². The zero-order valence-electron chi connectivity index (χ0n) is 18.9. The molecule has 0 unspecified atom stereocenters. The Morgan fingerprint density at radius 3 is 1.26 bits per heavy atom. The Balaban J connectivity index is 1.60. The van der Waals surface area contributed by atoms with Gasteiger partial charge in [-0.05, 0) is 36.4 Å². The van der Waals surface area contributed by atoms with Crippen molar-refractivity contribution in [1.29, 1.82) is 0 Å². The fourth-order valence-electron chi connectivity index (χ4n) is 3.24. The van der Waals surface area contributed by atoms with Gasteiger partial charge in [-0.15, -0.1) is 0 Å². The summed E-state index contributed by atoms with van der Waals surface area (Å²) in [4.78, 5) is 43.1. The first-order valence-electron chi connectivity index (χ1n) is 10.2. The molecule has 0 aliphatic rings. The van der Waals surface area contributed by atoms with Crippen molar-refractivity contribution in [2.75, 3.05) is 0 Å². The number of benzene rings is 2. The second-order valence-electron chi connectivity index (χ2n) is 7.41. The predicted octanol–water partition coefficient (Wildman–Crippen LogP) is 3.35. The number of carbonyl (C=O) groups excluding carboxylic acids is 2. The predicted molar refractivity (Wildman–Crippen MR) is 124 cm³/mol. The second-order valence-corrected chi connectivity index (χ2v) is 11.3. The number of esters is 2. The fraction of sp³-hybridized carbons (Fsp3) is 0. The zero-order valence-corrected chi connectivity index (χ0v) is 20.6. The molecule has 17 heteroatoms. The van der Waals surface area contributed by atoms with Crippen molar-refractivity contribution in [1.82, 2.24) is 0 Å². The average molecular weight is 576 g/mol. The summed E-state index contributed by atoms with van der Waals surface area (Å²) in [6.45, 7) is 0. The number of non-ortho nitro benzene ring substituents is 2. The largest absolute Gasteiger partial charge is 0.456 e. The van der Waals surface area contributed by atoms with Crippen LogP contribution in [0.25, 0.3) is 0 Å². The molecule has 0 bridgehead atoms. The van der Waals surface area contributed by atoms with E-state index in [0.717, 1.165) is 73.2 Å². The van der Waals surface area contributed by atoms with Gasteiger partial charge in [-0.25, -0.2) is 26.4 Å². The Kier molecular flexibility index (Phi) is 6.86. The van der Waals surface area contributed by atoms with Gasteiger partial charge in [0.15, 0.2) is 0 Å². The third kappa shape index (κ3) is 5.03. The van der Waals surface area contributed by atoms with Gasteiger partial charge in [0.1, 0.15) is 9.79 Å². The molecule has 0 fully saturated rings. The molecule has 0 spiro atoms. The lowest BCUT2D eigenvalue weighted by atomic mass is 10.3. The molecule has 0 saturated heterocycles. The number of nitro groups is 2. The molecule has 0 N–H and O–H groups in total. The number of nitrogens with zero attached hydrogens (tertiary/aromatic N) is 2. The number of hydrogen-bond donors (Lipinski definition) is 0. The summed E-state index contributed by atoms with van der Waals surface area (Å²) in [5.74, 6) is -5.10. The fourth-order valence-corrected chi connectivity index (χ4v) is 5.96. The molecule has 0 amide bonds. The van der Waals surface area contributed by atoms with Crippen LogP contribution in [0.2, 0.25) is 0 Å². The van der Waals surface area contributed by atoms with Crippen molar-refractivity contribution < 1.29 is 49.8 Å². The standard InChI is InChI=1S/C22H12N2O13S2/c25-21(19-17(9-11-35-19)38(31,32)15-5-1-13(2-6-15)23(27)28)37-22(26)20-18(10-12-36-20)39(33,34)16-7-3-14(4-8-16)24(29)30/h1-12H. The van der Waals surface area contributed by atoms with E-state index in [1.54, 1.807) is 0 Å². The lowest BCUT2D eigenvalue weighted by Crippen LogP contribution is -2.17. The molecule has 0 aliphatic heterocycles. The minimum Gasteiger partial charge on any atom is -0.456 e. The van der Waals surface area contributed by atoms with Crippen LogP contribution in [0.1, 0.15) is 21.1 Å². The molecule has 4 rings (SSSR count). The number of rotatable bonds is 8. The van der Waals surface area contributed by atoms with Gasteiger partial charge in [-0.2, -0.15) is 0 Å². The first kappa shape index (κ1) is 26.9. The topological polar surface area (TPSA) is 224 Å². The van der Waals surface area contributed by atoms with Crippen LogP contribution in [0.5, 0.6) is 0 Å². The molecule has 0 atom stereocenters. The number of nitro benzene ring substituents is 2. The summed E-state index contributed by atoms with van der Waals surface area (Å²) in [6, 6.07) is 9.20. The SMILES string of the molecule is O=C(OC(=O)c1occc1S(=O)(=O)c1ccc([N+](=O)[O-])cc1)c1occc1S(=O)(=O)c1ccc([N+](=O)[O-])cc1. The summed E-state index contributed by atoms with van der Waals surface area (Å²) in [6.07, 6.45) is 1.63. The van der Waals surface area contributed by atoms with Crippen LogP contribution < -0.4 is 0 Å². The monoisotopic (exact) mass is 576 g/mol. The molecule has 15 nitrogen and oxygen atoms in total. The van der Waals surface area contributed by atoms with Crippen molar-refractivity contribution in [3.63, 3.8) is 0 Å². The maximum Gasteiger partial charge on any atom is 0.383 e. The lowest BCUT2D eigenvalue weighted by molar-refractivity contribution is -0.385. The van der Waals surface area contributed by atoms with Crippen molar-refractivity contribution in [3.8, 4) is 0 Å². The highest BCUT2D eigenvalue weighted by Crippen LogP contribution is 2.29. The molecule has 0 saturated carbocycles. The van der Waals surface area contributed by atoms with Gasteiger partial charge >= 0.3 is 11.9 Å². The van der Waals surface area contributed by atoms with Gasteiger partial charge in [0, 0.05) is 24.3 Å². The molecular weight excluding hydrogens is 564 g/mol. The molecular formula is C22H12N2O13S2. The van der Waals surface area contributed by atoms with Gasteiger partial charge in [0.05, 0.1) is 32.2 Å². The quantitative estimate of drug-likeness (QED) is 0.127. The van der Waals surface area contributed by atoms with Crippen LogP contribution in [0, 0.1) is 20.2 Å². The lowest BCUT2D eigenvalue weighted by Gasteiger charge is -2.06. The molecule has 200 valence electrons. The molecule has 0 radical (unpaired) electrons. The third-order valence-corrected chi connectivity index (χ3v) is 8.70. The average Bonchev–Trinajstić information content (AvgIpc) is 3.60. The highest BCUT2D eigenvalue weighted by molar-refractivity contribution is 7.92. The van der Waals surface area contributed by atoms with Crippen LogP contribution in [0.4, 0.5) is 11.4 Å². The Hall–Kier alpha value is -5.16. The first-order valence-corrected chi connectivity index (χ1v) is 13.2.